The summed E-state index contributed by atoms with van der Waals surface area (Å²) in [6.45, 7) is 2.05. The van der Waals surface area contributed by atoms with Gasteiger partial charge < -0.3 is 15.2 Å². The third-order valence-electron chi connectivity index (χ3n) is 3.12. The highest BCUT2D eigenvalue weighted by atomic mass is 16.5. The fourth-order valence-corrected chi connectivity index (χ4v) is 2.04. The maximum atomic E-state index is 11.7. The molecule has 2 rings (SSSR count). The van der Waals surface area contributed by atoms with Crippen LogP contribution < -0.4 is 5.73 Å². The summed E-state index contributed by atoms with van der Waals surface area (Å²) in [6, 6.07) is 7.33. The number of carbonyl (C=O) groups excluding carboxylic acids is 1. The van der Waals surface area contributed by atoms with Gasteiger partial charge in [0.1, 0.15) is 0 Å². The molecule has 0 unspecified atom stereocenters. The van der Waals surface area contributed by atoms with E-state index in [4.69, 9.17) is 15.2 Å². The first-order chi connectivity index (χ1) is 8.74. The quantitative estimate of drug-likeness (QED) is 0.652. The summed E-state index contributed by atoms with van der Waals surface area (Å²) in [7, 11) is 0. The SMILES string of the molecule is Nc1cccc(CC(=O)OCC2CCOCC2)c1. The Morgan fingerprint density at radius 2 is 2.17 bits per heavy atom. The van der Waals surface area contributed by atoms with E-state index in [1.165, 1.54) is 0 Å². The standard InChI is InChI=1S/C14H19NO3/c15-13-3-1-2-12(8-13)9-14(16)18-10-11-4-6-17-7-5-11/h1-3,8,11H,4-7,9-10,15H2. The molecule has 0 atom stereocenters. The predicted molar refractivity (Wildman–Crippen MR) is 69.1 cm³/mol. The molecule has 98 valence electrons. The van der Waals surface area contributed by atoms with Crippen LogP contribution in [0, 0.1) is 5.92 Å². The first-order valence-corrected chi connectivity index (χ1v) is 6.32. The van der Waals surface area contributed by atoms with Crippen LogP contribution in [0.25, 0.3) is 0 Å². The van der Waals surface area contributed by atoms with Crippen molar-refractivity contribution in [2.45, 2.75) is 19.3 Å². The van der Waals surface area contributed by atoms with Crippen molar-refractivity contribution in [1.82, 2.24) is 0 Å². The molecule has 0 radical (unpaired) electrons. The highest BCUT2D eigenvalue weighted by molar-refractivity contribution is 5.73. The lowest BCUT2D eigenvalue weighted by atomic mass is 10.0. The Morgan fingerprint density at radius 1 is 1.39 bits per heavy atom. The fourth-order valence-electron chi connectivity index (χ4n) is 2.04. The lowest BCUT2D eigenvalue weighted by Crippen LogP contribution is -2.22. The minimum absolute atomic E-state index is 0.188. The number of nitrogens with two attached hydrogens (primary N) is 1. The molecule has 1 heterocycles. The summed E-state index contributed by atoms with van der Waals surface area (Å²) in [5.74, 6) is 0.260. The summed E-state index contributed by atoms with van der Waals surface area (Å²) in [4.78, 5) is 11.7. The summed E-state index contributed by atoms with van der Waals surface area (Å²) >= 11 is 0. The second-order valence-electron chi connectivity index (χ2n) is 4.66. The lowest BCUT2D eigenvalue weighted by molar-refractivity contribution is -0.145. The van der Waals surface area contributed by atoms with Crippen LogP contribution in [-0.4, -0.2) is 25.8 Å². The number of rotatable bonds is 4. The second-order valence-corrected chi connectivity index (χ2v) is 4.66. The Hall–Kier alpha value is -1.55. The van der Waals surface area contributed by atoms with Gasteiger partial charge in [-0.1, -0.05) is 12.1 Å². The molecule has 1 aromatic carbocycles. The van der Waals surface area contributed by atoms with Crippen molar-refractivity contribution in [2.24, 2.45) is 5.92 Å². The van der Waals surface area contributed by atoms with Crippen LogP contribution in [-0.2, 0) is 20.7 Å². The van der Waals surface area contributed by atoms with Crippen LogP contribution in [0.5, 0.6) is 0 Å². The third kappa shape index (κ3) is 4.04. The van der Waals surface area contributed by atoms with Gasteiger partial charge in [0, 0.05) is 18.9 Å². The van der Waals surface area contributed by atoms with Gasteiger partial charge in [0.2, 0.25) is 0 Å². The van der Waals surface area contributed by atoms with Crippen LogP contribution >= 0.6 is 0 Å². The molecule has 0 spiro atoms. The molecular weight excluding hydrogens is 230 g/mol. The van der Waals surface area contributed by atoms with E-state index in [0.29, 0.717) is 18.2 Å². The molecule has 4 nitrogen and oxygen atoms in total. The van der Waals surface area contributed by atoms with E-state index < -0.39 is 0 Å². The molecule has 0 amide bonds. The molecule has 2 N–H and O–H groups in total. The lowest BCUT2D eigenvalue weighted by Gasteiger charge is -2.21. The van der Waals surface area contributed by atoms with E-state index in [9.17, 15) is 4.79 Å². The summed E-state index contributed by atoms with van der Waals surface area (Å²) in [6.07, 6.45) is 2.24. The smallest absolute Gasteiger partial charge is 0.310 e. The number of hydrogen-bond donors (Lipinski definition) is 1. The van der Waals surface area contributed by atoms with Crippen molar-refractivity contribution in [1.29, 1.82) is 0 Å². The monoisotopic (exact) mass is 249 g/mol. The van der Waals surface area contributed by atoms with Gasteiger partial charge in [-0.05, 0) is 36.5 Å². The van der Waals surface area contributed by atoms with Crippen LogP contribution in [0.2, 0.25) is 0 Å². The van der Waals surface area contributed by atoms with Crippen molar-refractivity contribution in [2.75, 3.05) is 25.6 Å². The second kappa shape index (κ2) is 6.40. The Labute approximate surface area is 107 Å². The zero-order valence-corrected chi connectivity index (χ0v) is 10.4. The summed E-state index contributed by atoms with van der Waals surface area (Å²) in [5.41, 5.74) is 7.23. The predicted octanol–water partition coefficient (Wildman–Crippen LogP) is 1.78. The number of anilines is 1. The van der Waals surface area contributed by atoms with Gasteiger partial charge in [-0.3, -0.25) is 4.79 Å². The minimum Gasteiger partial charge on any atom is -0.465 e. The first kappa shape index (κ1) is 12.9. The molecule has 0 saturated carbocycles. The zero-order chi connectivity index (χ0) is 12.8. The van der Waals surface area contributed by atoms with Crippen molar-refractivity contribution in [3.05, 3.63) is 29.8 Å². The minimum atomic E-state index is -0.188. The summed E-state index contributed by atoms with van der Waals surface area (Å²) in [5, 5.41) is 0. The van der Waals surface area contributed by atoms with Gasteiger partial charge in [-0.25, -0.2) is 0 Å². The number of esters is 1. The Morgan fingerprint density at radius 3 is 2.89 bits per heavy atom. The Kier molecular flexibility index (Phi) is 4.59. The number of ether oxygens (including phenoxy) is 2. The van der Waals surface area contributed by atoms with Gasteiger partial charge in [-0.2, -0.15) is 0 Å². The molecule has 4 heteroatoms. The first-order valence-electron chi connectivity index (χ1n) is 6.32. The largest absolute Gasteiger partial charge is 0.465 e. The molecule has 18 heavy (non-hydrogen) atoms. The number of carbonyl (C=O) groups is 1. The van der Waals surface area contributed by atoms with E-state index in [0.717, 1.165) is 31.6 Å². The van der Waals surface area contributed by atoms with Gasteiger partial charge in [-0.15, -0.1) is 0 Å². The fraction of sp³-hybridized carbons (Fsp3) is 0.500. The molecule has 0 aliphatic carbocycles. The Balaban J connectivity index is 1.74. The highest BCUT2D eigenvalue weighted by Gasteiger charge is 2.16. The van der Waals surface area contributed by atoms with Crippen molar-refractivity contribution < 1.29 is 14.3 Å². The number of nitrogen functional groups attached to an aromatic ring is 1. The van der Waals surface area contributed by atoms with E-state index >= 15 is 0 Å². The number of benzene rings is 1. The molecule has 1 aliphatic rings. The third-order valence-corrected chi connectivity index (χ3v) is 3.12. The van der Waals surface area contributed by atoms with Gasteiger partial charge >= 0.3 is 5.97 Å². The highest BCUT2D eigenvalue weighted by Crippen LogP contribution is 2.15. The van der Waals surface area contributed by atoms with Crippen molar-refractivity contribution >= 4 is 11.7 Å². The van der Waals surface area contributed by atoms with Gasteiger partial charge in [0.15, 0.2) is 0 Å². The van der Waals surface area contributed by atoms with Crippen LogP contribution in [0.15, 0.2) is 24.3 Å². The molecule has 0 aromatic heterocycles. The van der Waals surface area contributed by atoms with Crippen LogP contribution in [0.3, 0.4) is 0 Å². The molecule has 1 aliphatic heterocycles. The van der Waals surface area contributed by atoms with Gasteiger partial charge in [0.05, 0.1) is 13.0 Å². The molecule has 1 aromatic rings. The van der Waals surface area contributed by atoms with E-state index in [2.05, 4.69) is 0 Å². The van der Waals surface area contributed by atoms with E-state index in [-0.39, 0.29) is 12.4 Å². The summed E-state index contributed by atoms with van der Waals surface area (Å²) < 4.78 is 10.6. The maximum absolute atomic E-state index is 11.7. The zero-order valence-electron chi connectivity index (χ0n) is 10.4. The normalized spacial score (nSPS) is 16.4. The van der Waals surface area contributed by atoms with Crippen LogP contribution in [0.4, 0.5) is 5.69 Å². The molecule has 0 bridgehead atoms. The maximum Gasteiger partial charge on any atom is 0.310 e. The Bertz CT molecular complexity index is 400. The topological polar surface area (TPSA) is 61.6 Å². The number of hydrogen-bond acceptors (Lipinski definition) is 4. The average Bonchev–Trinajstić information content (AvgIpc) is 2.38. The average molecular weight is 249 g/mol. The molecular formula is C14H19NO3. The molecule has 1 fully saturated rings. The van der Waals surface area contributed by atoms with Crippen molar-refractivity contribution in [3.8, 4) is 0 Å². The van der Waals surface area contributed by atoms with Crippen molar-refractivity contribution in [3.63, 3.8) is 0 Å². The van der Waals surface area contributed by atoms with Gasteiger partial charge in [0.25, 0.3) is 0 Å². The van der Waals surface area contributed by atoms with Crippen LogP contribution in [0.1, 0.15) is 18.4 Å². The molecule has 1 saturated heterocycles. The van der Waals surface area contributed by atoms with E-state index in [1.807, 2.05) is 12.1 Å². The van der Waals surface area contributed by atoms with E-state index in [1.54, 1.807) is 12.1 Å².